The first-order valence-corrected chi connectivity index (χ1v) is 10.6. The predicted molar refractivity (Wildman–Crippen MR) is 125 cm³/mol. The van der Waals surface area contributed by atoms with Crippen LogP contribution in [-0.2, 0) is 25.6 Å². The normalized spacial score (nSPS) is 12.3. The number of carbonyl (C=O) groups is 3. The molecule has 1 unspecified atom stereocenters. The molecule has 0 aliphatic heterocycles. The van der Waals surface area contributed by atoms with Gasteiger partial charge in [-0.1, -0.05) is 42.5 Å². The van der Waals surface area contributed by atoms with Crippen LogP contribution < -0.4 is 10.6 Å². The summed E-state index contributed by atoms with van der Waals surface area (Å²) in [6.45, 7) is 10.5. The first-order chi connectivity index (χ1) is 15.3. The fourth-order valence-corrected chi connectivity index (χ4v) is 2.74. The van der Waals surface area contributed by atoms with E-state index in [-0.39, 0.29) is 6.61 Å². The van der Waals surface area contributed by atoms with Crippen molar-refractivity contribution in [1.82, 2.24) is 5.32 Å². The van der Waals surface area contributed by atoms with Crippen molar-refractivity contribution in [2.45, 2.75) is 65.4 Å². The van der Waals surface area contributed by atoms with Crippen molar-refractivity contribution in [3.05, 3.63) is 65.7 Å². The molecule has 0 heterocycles. The van der Waals surface area contributed by atoms with Crippen LogP contribution in [0.1, 0.15) is 58.7 Å². The maximum Gasteiger partial charge on any atom is 0.411 e. The standard InChI is InChI=1S/C25H32N2O6/c1-24(2,3)32-21(28)20(27-23(30)33-25(4,5)6)18-13-10-14-19(15-18)26-22(29)31-16-17-11-8-7-9-12-17/h7-15,20H,16H2,1-6H3,(H,26,29)(H,27,30). The molecule has 2 amide bonds. The van der Waals surface area contributed by atoms with E-state index in [1.54, 1.807) is 65.8 Å². The number of hydrogen-bond acceptors (Lipinski definition) is 6. The van der Waals surface area contributed by atoms with Gasteiger partial charge in [0.05, 0.1) is 0 Å². The lowest BCUT2D eigenvalue weighted by atomic mass is 10.1. The highest BCUT2D eigenvalue weighted by atomic mass is 16.6. The molecule has 0 aliphatic rings. The summed E-state index contributed by atoms with van der Waals surface area (Å²) in [6.07, 6.45) is -1.41. The number of ether oxygens (including phenoxy) is 3. The number of esters is 1. The quantitative estimate of drug-likeness (QED) is 0.449. The van der Waals surface area contributed by atoms with Crippen molar-refractivity contribution in [3.63, 3.8) is 0 Å². The summed E-state index contributed by atoms with van der Waals surface area (Å²) in [5, 5.41) is 5.19. The van der Waals surface area contributed by atoms with Crippen molar-refractivity contribution in [1.29, 1.82) is 0 Å². The Kier molecular flexibility index (Phi) is 8.45. The first-order valence-electron chi connectivity index (χ1n) is 10.6. The summed E-state index contributed by atoms with van der Waals surface area (Å²) in [6, 6.07) is 14.7. The van der Waals surface area contributed by atoms with Gasteiger partial charge < -0.3 is 19.5 Å². The van der Waals surface area contributed by atoms with Crippen molar-refractivity contribution in [3.8, 4) is 0 Å². The van der Waals surface area contributed by atoms with E-state index >= 15 is 0 Å². The smallest absolute Gasteiger partial charge is 0.411 e. The Morgan fingerprint density at radius 1 is 0.818 bits per heavy atom. The second-order valence-electron chi connectivity index (χ2n) is 9.42. The van der Waals surface area contributed by atoms with E-state index in [4.69, 9.17) is 14.2 Å². The van der Waals surface area contributed by atoms with E-state index in [0.29, 0.717) is 11.3 Å². The maximum atomic E-state index is 12.8. The average Bonchev–Trinajstić information content (AvgIpc) is 2.69. The van der Waals surface area contributed by atoms with Gasteiger partial charge in [-0.25, -0.2) is 14.4 Å². The molecule has 0 aliphatic carbocycles. The second-order valence-corrected chi connectivity index (χ2v) is 9.42. The molecule has 0 spiro atoms. The van der Waals surface area contributed by atoms with Gasteiger partial charge in [0.1, 0.15) is 17.8 Å². The predicted octanol–water partition coefficient (Wildman–Crippen LogP) is 5.34. The van der Waals surface area contributed by atoms with Crippen molar-refractivity contribution in [2.24, 2.45) is 0 Å². The second kappa shape index (κ2) is 10.8. The average molecular weight is 457 g/mol. The maximum absolute atomic E-state index is 12.8. The SMILES string of the molecule is CC(C)(C)OC(=O)NC(C(=O)OC(C)(C)C)c1cccc(NC(=O)OCc2ccccc2)c1. The topological polar surface area (TPSA) is 103 Å². The van der Waals surface area contributed by atoms with Crippen molar-refractivity contribution >= 4 is 23.8 Å². The summed E-state index contributed by atoms with van der Waals surface area (Å²) >= 11 is 0. The van der Waals surface area contributed by atoms with Crippen LogP contribution in [0.25, 0.3) is 0 Å². The molecule has 0 radical (unpaired) electrons. The fraction of sp³-hybridized carbons (Fsp3) is 0.400. The molecule has 0 bridgehead atoms. The van der Waals surface area contributed by atoms with Crippen LogP contribution in [0, 0.1) is 0 Å². The van der Waals surface area contributed by atoms with Crippen LogP contribution in [0.2, 0.25) is 0 Å². The van der Waals surface area contributed by atoms with Crippen LogP contribution in [0.5, 0.6) is 0 Å². The monoisotopic (exact) mass is 456 g/mol. The zero-order valence-corrected chi connectivity index (χ0v) is 19.9. The number of hydrogen-bond donors (Lipinski definition) is 2. The van der Waals surface area contributed by atoms with Crippen LogP contribution >= 0.6 is 0 Å². The molecule has 8 nitrogen and oxygen atoms in total. The first kappa shape index (κ1) is 25.7. The number of nitrogens with one attached hydrogen (secondary N) is 2. The van der Waals surface area contributed by atoms with E-state index in [1.165, 1.54) is 0 Å². The third kappa shape index (κ3) is 9.64. The van der Waals surface area contributed by atoms with Gasteiger partial charge in [-0.15, -0.1) is 0 Å². The molecule has 178 valence electrons. The lowest BCUT2D eigenvalue weighted by molar-refractivity contribution is -0.157. The largest absolute Gasteiger partial charge is 0.458 e. The lowest BCUT2D eigenvalue weighted by Crippen LogP contribution is -2.40. The zero-order chi connectivity index (χ0) is 24.6. The van der Waals surface area contributed by atoms with Gasteiger partial charge in [-0.2, -0.15) is 0 Å². The van der Waals surface area contributed by atoms with Gasteiger partial charge in [0.15, 0.2) is 6.04 Å². The lowest BCUT2D eigenvalue weighted by Gasteiger charge is -2.26. The van der Waals surface area contributed by atoms with E-state index in [0.717, 1.165) is 5.56 Å². The highest BCUT2D eigenvalue weighted by Gasteiger charge is 2.30. The van der Waals surface area contributed by atoms with E-state index in [2.05, 4.69) is 10.6 Å². The molecule has 0 saturated carbocycles. The third-order valence-electron chi connectivity index (χ3n) is 3.98. The van der Waals surface area contributed by atoms with Crippen molar-refractivity contribution in [2.75, 3.05) is 5.32 Å². The third-order valence-corrected chi connectivity index (χ3v) is 3.98. The molecule has 2 rings (SSSR count). The number of carbonyl (C=O) groups excluding carboxylic acids is 3. The fourth-order valence-electron chi connectivity index (χ4n) is 2.74. The summed E-state index contributed by atoms with van der Waals surface area (Å²) in [5.41, 5.74) is 0.158. The Morgan fingerprint density at radius 3 is 2.06 bits per heavy atom. The number of alkyl carbamates (subject to hydrolysis) is 1. The van der Waals surface area contributed by atoms with E-state index < -0.39 is 35.4 Å². The summed E-state index contributed by atoms with van der Waals surface area (Å²) in [5.74, 6) is -0.655. The minimum absolute atomic E-state index is 0.118. The Morgan fingerprint density at radius 2 is 1.45 bits per heavy atom. The molecule has 0 aromatic heterocycles. The molecular weight excluding hydrogens is 424 g/mol. The summed E-state index contributed by atoms with van der Waals surface area (Å²) in [4.78, 5) is 37.4. The minimum atomic E-state index is -1.14. The molecule has 0 saturated heterocycles. The van der Waals surface area contributed by atoms with Gasteiger partial charge in [-0.05, 0) is 64.8 Å². The zero-order valence-electron chi connectivity index (χ0n) is 19.9. The highest BCUT2D eigenvalue weighted by molar-refractivity contribution is 5.86. The van der Waals surface area contributed by atoms with Crippen LogP contribution in [0.4, 0.5) is 15.3 Å². The molecule has 1 atom stereocenters. The van der Waals surface area contributed by atoms with Gasteiger partial charge >= 0.3 is 18.2 Å². The molecule has 2 aromatic rings. The number of benzene rings is 2. The van der Waals surface area contributed by atoms with Crippen molar-refractivity contribution < 1.29 is 28.6 Å². The number of anilines is 1. The van der Waals surface area contributed by atoms with Gasteiger partial charge in [0.2, 0.25) is 0 Å². The summed E-state index contributed by atoms with van der Waals surface area (Å²) in [7, 11) is 0. The molecule has 2 aromatic carbocycles. The Labute approximate surface area is 194 Å². The van der Waals surface area contributed by atoms with Gasteiger partial charge in [-0.3, -0.25) is 5.32 Å². The Bertz CT molecular complexity index is 961. The Hall–Kier alpha value is -3.55. The molecule has 8 heteroatoms. The number of rotatable bonds is 6. The van der Waals surface area contributed by atoms with Crippen LogP contribution in [0.15, 0.2) is 54.6 Å². The molecular formula is C25H32N2O6. The van der Waals surface area contributed by atoms with Gasteiger partial charge in [0, 0.05) is 5.69 Å². The summed E-state index contributed by atoms with van der Waals surface area (Å²) < 4.78 is 16.0. The van der Waals surface area contributed by atoms with E-state index in [9.17, 15) is 14.4 Å². The van der Waals surface area contributed by atoms with Crippen LogP contribution in [0.3, 0.4) is 0 Å². The highest BCUT2D eigenvalue weighted by Crippen LogP contribution is 2.23. The molecule has 0 fully saturated rings. The molecule has 2 N–H and O–H groups in total. The van der Waals surface area contributed by atoms with Gasteiger partial charge in [0.25, 0.3) is 0 Å². The molecule has 33 heavy (non-hydrogen) atoms. The Balaban J connectivity index is 2.15. The minimum Gasteiger partial charge on any atom is -0.458 e. The van der Waals surface area contributed by atoms with Crippen LogP contribution in [-0.4, -0.2) is 29.4 Å². The number of amides is 2. The van der Waals surface area contributed by atoms with E-state index in [1.807, 2.05) is 30.3 Å².